The van der Waals surface area contributed by atoms with Gasteiger partial charge in [0.25, 0.3) is 0 Å². The number of rotatable bonds is 4. The normalized spacial score (nSPS) is 10.9. The van der Waals surface area contributed by atoms with Crippen LogP contribution in [0.2, 0.25) is 0 Å². The van der Waals surface area contributed by atoms with Crippen molar-refractivity contribution >= 4 is 22.8 Å². The molecule has 4 heteroatoms. The maximum Gasteiger partial charge on any atom is 0.143 e. The van der Waals surface area contributed by atoms with Crippen molar-refractivity contribution in [1.29, 1.82) is 0 Å². The monoisotopic (exact) mass is 342 g/mol. The Labute approximate surface area is 153 Å². The van der Waals surface area contributed by atoms with Gasteiger partial charge in [-0.2, -0.15) is 0 Å². The molecule has 0 amide bonds. The van der Waals surface area contributed by atoms with E-state index >= 15 is 0 Å². The molecule has 0 radical (unpaired) electrons. The summed E-state index contributed by atoms with van der Waals surface area (Å²) in [7, 11) is 4.09. The molecule has 0 fully saturated rings. The molecule has 4 rings (SSSR count). The van der Waals surface area contributed by atoms with E-state index in [0.717, 1.165) is 28.4 Å². The van der Waals surface area contributed by atoms with Crippen molar-refractivity contribution in [1.82, 2.24) is 9.38 Å². The zero-order valence-electron chi connectivity index (χ0n) is 15.3. The summed E-state index contributed by atoms with van der Waals surface area (Å²) in [5.74, 6) is 0.979. The maximum atomic E-state index is 4.87. The van der Waals surface area contributed by atoms with Crippen LogP contribution < -0.4 is 10.2 Å². The van der Waals surface area contributed by atoms with Crippen LogP contribution in [0.15, 0.2) is 72.9 Å². The lowest BCUT2D eigenvalue weighted by atomic mass is 10.1. The van der Waals surface area contributed by atoms with Crippen molar-refractivity contribution in [2.45, 2.75) is 6.92 Å². The van der Waals surface area contributed by atoms with E-state index in [1.807, 2.05) is 44.6 Å². The Bertz CT molecular complexity index is 1050. The molecule has 4 aromatic rings. The molecule has 4 nitrogen and oxygen atoms in total. The van der Waals surface area contributed by atoms with Gasteiger partial charge in [-0.05, 0) is 42.8 Å². The third-order valence-corrected chi connectivity index (χ3v) is 4.59. The van der Waals surface area contributed by atoms with Gasteiger partial charge in [0.2, 0.25) is 0 Å². The van der Waals surface area contributed by atoms with Gasteiger partial charge in [0.05, 0.1) is 0 Å². The number of nitrogens with zero attached hydrogens (tertiary/aromatic N) is 3. The molecule has 2 aromatic heterocycles. The van der Waals surface area contributed by atoms with Gasteiger partial charge >= 0.3 is 0 Å². The van der Waals surface area contributed by atoms with Crippen LogP contribution in [-0.2, 0) is 0 Å². The van der Waals surface area contributed by atoms with Gasteiger partial charge in [-0.3, -0.25) is 4.40 Å². The number of hydrogen-bond donors (Lipinski definition) is 1. The van der Waals surface area contributed by atoms with Crippen molar-refractivity contribution in [2.75, 3.05) is 24.3 Å². The molecular formula is C22H22N4. The largest absolute Gasteiger partial charge is 0.378 e. The van der Waals surface area contributed by atoms with Crippen molar-refractivity contribution < 1.29 is 0 Å². The molecule has 0 aliphatic heterocycles. The average Bonchev–Trinajstić information content (AvgIpc) is 3.02. The zero-order chi connectivity index (χ0) is 18.1. The Morgan fingerprint density at radius 1 is 0.885 bits per heavy atom. The second-order valence-electron chi connectivity index (χ2n) is 6.62. The summed E-state index contributed by atoms with van der Waals surface area (Å²) in [6, 6.07) is 22.9. The third-order valence-electron chi connectivity index (χ3n) is 4.59. The SMILES string of the molecule is Cc1ccccc1Nc1c(-c2ccc(N(C)C)cc2)nc2ccccn12. The number of imidazole rings is 1. The first-order chi connectivity index (χ1) is 12.6. The van der Waals surface area contributed by atoms with Gasteiger partial charge in [-0.15, -0.1) is 0 Å². The fourth-order valence-electron chi connectivity index (χ4n) is 3.07. The molecule has 26 heavy (non-hydrogen) atoms. The number of anilines is 3. The van der Waals surface area contributed by atoms with Crippen molar-refractivity contribution in [2.24, 2.45) is 0 Å². The topological polar surface area (TPSA) is 32.6 Å². The van der Waals surface area contributed by atoms with Crippen LogP contribution in [0.25, 0.3) is 16.9 Å². The number of para-hydroxylation sites is 1. The Balaban J connectivity index is 1.85. The smallest absolute Gasteiger partial charge is 0.143 e. The molecule has 1 N–H and O–H groups in total. The lowest BCUT2D eigenvalue weighted by Crippen LogP contribution is -2.08. The molecule has 130 valence electrons. The van der Waals surface area contributed by atoms with Crippen LogP contribution in [-0.4, -0.2) is 23.5 Å². The minimum Gasteiger partial charge on any atom is -0.378 e. The van der Waals surface area contributed by atoms with E-state index in [-0.39, 0.29) is 0 Å². The first-order valence-corrected chi connectivity index (χ1v) is 8.71. The van der Waals surface area contributed by atoms with Crippen LogP contribution in [0.4, 0.5) is 17.2 Å². The van der Waals surface area contributed by atoms with Gasteiger partial charge in [0, 0.05) is 37.2 Å². The highest BCUT2D eigenvalue weighted by molar-refractivity contribution is 5.80. The molecule has 2 heterocycles. The predicted molar refractivity (Wildman–Crippen MR) is 109 cm³/mol. The molecule has 0 spiro atoms. The zero-order valence-corrected chi connectivity index (χ0v) is 15.3. The van der Waals surface area contributed by atoms with Gasteiger partial charge in [0.15, 0.2) is 0 Å². The second kappa shape index (κ2) is 6.56. The molecule has 0 unspecified atom stereocenters. The Morgan fingerprint density at radius 3 is 2.35 bits per heavy atom. The Kier molecular flexibility index (Phi) is 4.09. The fraction of sp³-hybridized carbons (Fsp3) is 0.136. The highest BCUT2D eigenvalue weighted by Gasteiger charge is 2.15. The van der Waals surface area contributed by atoms with E-state index in [9.17, 15) is 0 Å². The summed E-state index contributed by atoms with van der Waals surface area (Å²) < 4.78 is 2.10. The van der Waals surface area contributed by atoms with Crippen molar-refractivity contribution in [3.05, 3.63) is 78.5 Å². The average molecular weight is 342 g/mol. The Hall–Kier alpha value is -3.27. The molecule has 0 atom stereocenters. The lowest BCUT2D eigenvalue weighted by Gasteiger charge is -2.13. The summed E-state index contributed by atoms with van der Waals surface area (Å²) in [5, 5.41) is 3.59. The second-order valence-corrected chi connectivity index (χ2v) is 6.62. The molecule has 0 bridgehead atoms. The highest BCUT2D eigenvalue weighted by atomic mass is 15.1. The quantitative estimate of drug-likeness (QED) is 0.559. The standard InChI is InChI=1S/C22H22N4/c1-16-8-4-5-9-19(16)23-22-21(24-20-10-6-7-15-26(20)22)17-11-13-18(14-12-17)25(2)3/h4-15,23H,1-3H3. The van der Waals surface area contributed by atoms with Gasteiger partial charge < -0.3 is 10.2 Å². The number of hydrogen-bond acceptors (Lipinski definition) is 3. The summed E-state index contributed by atoms with van der Waals surface area (Å²) in [6.07, 6.45) is 2.04. The number of benzene rings is 2. The number of pyridine rings is 1. The van der Waals surface area contributed by atoms with Crippen molar-refractivity contribution in [3.8, 4) is 11.3 Å². The fourth-order valence-corrected chi connectivity index (χ4v) is 3.07. The minimum absolute atomic E-state index is 0.926. The maximum absolute atomic E-state index is 4.87. The summed E-state index contributed by atoms with van der Waals surface area (Å²) in [5.41, 5.74) is 6.43. The summed E-state index contributed by atoms with van der Waals surface area (Å²) in [6.45, 7) is 2.11. The molecule has 0 aliphatic rings. The Morgan fingerprint density at radius 2 is 1.62 bits per heavy atom. The first-order valence-electron chi connectivity index (χ1n) is 8.71. The van der Waals surface area contributed by atoms with E-state index in [0.29, 0.717) is 0 Å². The lowest BCUT2D eigenvalue weighted by molar-refractivity contribution is 1.13. The molecule has 0 aliphatic carbocycles. The first kappa shape index (κ1) is 16.2. The number of aryl methyl sites for hydroxylation is 1. The van der Waals surface area contributed by atoms with Crippen LogP contribution in [0.1, 0.15) is 5.56 Å². The summed E-state index contributed by atoms with van der Waals surface area (Å²) >= 11 is 0. The van der Waals surface area contributed by atoms with E-state index in [1.165, 1.54) is 11.3 Å². The van der Waals surface area contributed by atoms with Gasteiger partial charge in [-0.1, -0.05) is 36.4 Å². The predicted octanol–water partition coefficient (Wildman–Crippen LogP) is 5.12. The molecule has 2 aromatic carbocycles. The number of nitrogens with one attached hydrogen (secondary N) is 1. The van der Waals surface area contributed by atoms with Crippen LogP contribution in [0, 0.1) is 6.92 Å². The van der Waals surface area contributed by atoms with Gasteiger partial charge in [0.1, 0.15) is 17.2 Å². The number of aromatic nitrogens is 2. The summed E-state index contributed by atoms with van der Waals surface area (Å²) in [4.78, 5) is 6.97. The molecular weight excluding hydrogens is 320 g/mol. The highest BCUT2D eigenvalue weighted by Crippen LogP contribution is 2.32. The van der Waals surface area contributed by atoms with Crippen LogP contribution >= 0.6 is 0 Å². The number of fused-ring (bicyclic) bond motifs is 1. The third kappa shape index (κ3) is 2.90. The van der Waals surface area contributed by atoms with E-state index in [4.69, 9.17) is 4.98 Å². The molecule has 0 saturated carbocycles. The van der Waals surface area contributed by atoms with E-state index < -0.39 is 0 Å². The van der Waals surface area contributed by atoms with Crippen LogP contribution in [0.5, 0.6) is 0 Å². The minimum atomic E-state index is 0.926. The van der Waals surface area contributed by atoms with Gasteiger partial charge in [-0.25, -0.2) is 4.98 Å². The van der Waals surface area contributed by atoms with E-state index in [1.54, 1.807) is 0 Å². The van der Waals surface area contributed by atoms with E-state index in [2.05, 4.69) is 64.0 Å². The van der Waals surface area contributed by atoms with Crippen LogP contribution in [0.3, 0.4) is 0 Å². The van der Waals surface area contributed by atoms with Crippen molar-refractivity contribution in [3.63, 3.8) is 0 Å². The molecule has 0 saturated heterocycles.